The Bertz CT molecular complexity index is 319. The molecule has 0 bridgehead atoms. The number of hydrogen-bond donors (Lipinski definition) is 1. The van der Waals surface area contributed by atoms with Crippen LogP contribution >= 0.6 is 0 Å². The van der Waals surface area contributed by atoms with E-state index in [9.17, 15) is 17.6 Å². The molecule has 0 aliphatic rings. The van der Waals surface area contributed by atoms with E-state index in [2.05, 4.69) is 5.10 Å². The maximum absolute atomic E-state index is 13.5. The van der Waals surface area contributed by atoms with Crippen LogP contribution in [0.15, 0.2) is 12.4 Å². The molecule has 0 amide bonds. The SMILES string of the molecule is Cn1cc(C(F)(CN)C(F)(F)F)cn1. The van der Waals surface area contributed by atoms with Gasteiger partial charge in [0.2, 0.25) is 5.67 Å². The van der Waals surface area contributed by atoms with Gasteiger partial charge in [-0.3, -0.25) is 4.68 Å². The third-order valence-corrected chi connectivity index (χ3v) is 1.89. The van der Waals surface area contributed by atoms with Crippen LogP contribution in [0.4, 0.5) is 17.6 Å². The Morgan fingerprint density at radius 1 is 1.43 bits per heavy atom. The smallest absolute Gasteiger partial charge is 0.327 e. The predicted octanol–water partition coefficient (Wildman–Crippen LogP) is 1.11. The summed E-state index contributed by atoms with van der Waals surface area (Å²) in [4.78, 5) is 0. The second kappa shape index (κ2) is 3.23. The first kappa shape index (κ1) is 11.0. The van der Waals surface area contributed by atoms with Crippen molar-refractivity contribution in [3.8, 4) is 0 Å². The predicted molar refractivity (Wildman–Crippen MR) is 41.1 cm³/mol. The summed E-state index contributed by atoms with van der Waals surface area (Å²) in [5, 5.41) is 3.47. The van der Waals surface area contributed by atoms with Crippen molar-refractivity contribution < 1.29 is 17.6 Å². The zero-order valence-electron chi connectivity index (χ0n) is 7.35. The molecule has 14 heavy (non-hydrogen) atoms. The molecule has 0 saturated heterocycles. The molecule has 0 fully saturated rings. The Balaban J connectivity index is 3.14. The molecule has 1 unspecified atom stereocenters. The number of aromatic nitrogens is 2. The summed E-state index contributed by atoms with van der Waals surface area (Å²) in [5.74, 6) is 0. The van der Waals surface area contributed by atoms with Crippen molar-refractivity contribution in [1.82, 2.24) is 9.78 Å². The van der Waals surface area contributed by atoms with Crippen molar-refractivity contribution in [3.05, 3.63) is 18.0 Å². The number of alkyl halides is 4. The Morgan fingerprint density at radius 2 is 2.00 bits per heavy atom. The molecule has 1 aromatic heterocycles. The van der Waals surface area contributed by atoms with E-state index < -0.39 is 24.0 Å². The van der Waals surface area contributed by atoms with Crippen molar-refractivity contribution >= 4 is 0 Å². The van der Waals surface area contributed by atoms with Gasteiger partial charge in [0, 0.05) is 25.4 Å². The van der Waals surface area contributed by atoms with Gasteiger partial charge >= 0.3 is 6.18 Å². The lowest BCUT2D eigenvalue weighted by molar-refractivity contribution is -0.231. The first-order valence-electron chi connectivity index (χ1n) is 3.76. The normalized spacial score (nSPS) is 16.7. The van der Waals surface area contributed by atoms with Crippen molar-refractivity contribution in [2.24, 2.45) is 12.8 Å². The van der Waals surface area contributed by atoms with E-state index in [-0.39, 0.29) is 0 Å². The quantitative estimate of drug-likeness (QED) is 0.744. The van der Waals surface area contributed by atoms with Crippen LogP contribution in [0, 0.1) is 0 Å². The molecule has 80 valence electrons. The summed E-state index contributed by atoms with van der Waals surface area (Å²) in [6.07, 6.45) is -3.24. The molecule has 1 heterocycles. The lowest BCUT2D eigenvalue weighted by atomic mass is 9.99. The van der Waals surface area contributed by atoms with Crippen LogP contribution < -0.4 is 5.73 Å². The van der Waals surface area contributed by atoms with E-state index in [1.54, 1.807) is 0 Å². The summed E-state index contributed by atoms with van der Waals surface area (Å²) < 4.78 is 51.5. The van der Waals surface area contributed by atoms with Crippen LogP contribution in [0.25, 0.3) is 0 Å². The van der Waals surface area contributed by atoms with Gasteiger partial charge < -0.3 is 5.73 Å². The molecule has 0 spiro atoms. The van der Waals surface area contributed by atoms with Crippen molar-refractivity contribution in [2.45, 2.75) is 11.8 Å². The summed E-state index contributed by atoms with van der Waals surface area (Å²) in [7, 11) is 1.40. The molecular formula is C7H9F4N3. The van der Waals surface area contributed by atoms with E-state index in [0.29, 0.717) is 0 Å². The van der Waals surface area contributed by atoms with Gasteiger partial charge in [0.1, 0.15) is 0 Å². The van der Waals surface area contributed by atoms with Crippen molar-refractivity contribution in [1.29, 1.82) is 0 Å². The highest BCUT2D eigenvalue weighted by molar-refractivity contribution is 5.18. The molecule has 1 atom stereocenters. The molecule has 0 aliphatic carbocycles. The average molecular weight is 211 g/mol. The minimum Gasteiger partial charge on any atom is -0.327 e. The molecule has 3 nitrogen and oxygen atoms in total. The first-order chi connectivity index (χ1) is 6.31. The van der Waals surface area contributed by atoms with Crippen LogP contribution in [0.5, 0.6) is 0 Å². The van der Waals surface area contributed by atoms with E-state index in [4.69, 9.17) is 5.73 Å². The third kappa shape index (κ3) is 1.59. The van der Waals surface area contributed by atoms with Crippen LogP contribution in [-0.4, -0.2) is 22.5 Å². The number of nitrogens with two attached hydrogens (primary N) is 1. The molecule has 2 N–H and O–H groups in total. The van der Waals surface area contributed by atoms with Gasteiger partial charge in [-0.1, -0.05) is 0 Å². The average Bonchev–Trinajstić information content (AvgIpc) is 2.48. The lowest BCUT2D eigenvalue weighted by Gasteiger charge is -2.24. The fraction of sp³-hybridized carbons (Fsp3) is 0.571. The minimum atomic E-state index is -5.02. The fourth-order valence-electron chi connectivity index (χ4n) is 1.02. The molecule has 7 heteroatoms. The van der Waals surface area contributed by atoms with E-state index in [1.807, 2.05) is 0 Å². The monoisotopic (exact) mass is 211 g/mol. The summed E-state index contributed by atoms with van der Waals surface area (Å²) in [5.41, 5.74) is 0.716. The van der Waals surface area contributed by atoms with Crippen LogP contribution in [0.1, 0.15) is 5.56 Å². The Kier molecular flexibility index (Phi) is 2.53. The van der Waals surface area contributed by atoms with E-state index in [1.165, 1.54) is 7.05 Å². The molecule has 1 aromatic rings. The fourth-order valence-corrected chi connectivity index (χ4v) is 1.02. The standard InChI is InChI=1S/C7H9F4N3/c1-14-3-5(2-13-14)6(8,4-12)7(9,10)11/h2-3H,4,12H2,1H3. The highest BCUT2D eigenvalue weighted by Gasteiger charge is 2.57. The topological polar surface area (TPSA) is 43.8 Å². The number of hydrogen-bond acceptors (Lipinski definition) is 2. The Labute approximate surface area is 77.5 Å². The number of aryl methyl sites for hydroxylation is 1. The highest BCUT2D eigenvalue weighted by atomic mass is 19.4. The van der Waals surface area contributed by atoms with Gasteiger partial charge in [-0.05, 0) is 0 Å². The lowest BCUT2D eigenvalue weighted by Crippen LogP contribution is -2.44. The maximum Gasteiger partial charge on any atom is 0.428 e. The second-order valence-electron chi connectivity index (χ2n) is 2.91. The molecule has 0 radical (unpaired) electrons. The molecule has 0 saturated carbocycles. The highest BCUT2D eigenvalue weighted by Crippen LogP contribution is 2.41. The van der Waals surface area contributed by atoms with Gasteiger partial charge in [-0.15, -0.1) is 0 Å². The molecule has 0 aromatic carbocycles. The largest absolute Gasteiger partial charge is 0.428 e. The summed E-state index contributed by atoms with van der Waals surface area (Å²) in [6.45, 7) is -1.15. The van der Waals surface area contributed by atoms with Crippen molar-refractivity contribution in [3.63, 3.8) is 0 Å². The number of rotatable bonds is 2. The molecule has 1 rings (SSSR count). The van der Waals surface area contributed by atoms with Crippen LogP contribution in [-0.2, 0) is 12.7 Å². The third-order valence-electron chi connectivity index (χ3n) is 1.89. The first-order valence-corrected chi connectivity index (χ1v) is 3.76. The van der Waals surface area contributed by atoms with E-state index in [0.717, 1.165) is 17.1 Å². The van der Waals surface area contributed by atoms with Gasteiger partial charge in [-0.25, -0.2) is 4.39 Å². The summed E-state index contributed by atoms with van der Waals surface area (Å²) in [6, 6.07) is 0. The van der Waals surface area contributed by atoms with Gasteiger partial charge in [-0.2, -0.15) is 18.3 Å². The Hall–Kier alpha value is -1.11. The zero-order valence-corrected chi connectivity index (χ0v) is 7.35. The van der Waals surface area contributed by atoms with E-state index >= 15 is 0 Å². The Morgan fingerprint density at radius 3 is 2.29 bits per heavy atom. The van der Waals surface area contributed by atoms with Gasteiger partial charge in [0.05, 0.1) is 6.20 Å². The number of nitrogens with zero attached hydrogens (tertiary/aromatic N) is 2. The maximum atomic E-state index is 13.5. The van der Waals surface area contributed by atoms with Gasteiger partial charge in [0.25, 0.3) is 0 Å². The van der Waals surface area contributed by atoms with Crippen molar-refractivity contribution in [2.75, 3.05) is 6.54 Å². The minimum absolute atomic E-state index is 0.574. The van der Waals surface area contributed by atoms with Crippen LogP contribution in [0.3, 0.4) is 0 Å². The van der Waals surface area contributed by atoms with Crippen LogP contribution in [0.2, 0.25) is 0 Å². The molecule has 0 aliphatic heterocycles. The molecular weight excluding hydrogens is 202 g/mol. The zero-order chi connectivity index (χ0) is 11.0. The van der Waals surface area contributed by atoms with Gasteiger partial charge in [0.15, 0.2) is 0 Å². The second-order valence-corrected chi connectivity index (χ2v) is 2.91. The summed E-state index contributed by atoms with van der Waals surface area (Å²) >= 11 is 0. The number of halogens is 4.